The molecule has 1 aliphatic rings. The Labute approximate surface area is 68.9 Å². The van der Waals surface area contributed by atoms with Gasteiger partial charge in [-0.25, -0.2) is 0 Å². The third-order valence-electron chi connectivity index (χ3n) is 2.11. The summed E-state index contributed by atoms with van der Waals surface area (Å²) in [7, 11) is 6.15. The summed E-state index contributed by atoms with van der Waals surface area (Å²) in [6.07, 6.45) is 1.54. The third kappa shape index (κ3) is 2.43. The van der Waals surface area contributed by atoms with Gasteiger partial charge in [0.2, 0.25) is 0 Å². The minimum atomic E-state index is 0.394. The van der Waals surface area contributed by atoms with Gasteiger partial charge in [0.15, 0.2) is 0 Å². The average molecular weight is 158 g/mol. The molecule has 0 aromatic carbocycles. The van der Waals surface area contributed by atoms with Crippen molar-refractivity contribution in [2.24, 2.45) is 0 Å². The second-order valence-electron chi connectivity index (χ2n) is 3.62. The molecule has 0 aromatic rings. The first-order valence-electron chi connectivity index (χ1n) is 4.14. The molecule has 1 rings (SSSR count). The molecule has 11 heavy (non-hydrogen) atoms. The molecule has 0 radical (unpaired) electrons. The Balaban J connectivity index is 2.29. The topological polar surface area (TPSA) is 15.7 Å². The minimum Gasteiger partial charge on any atom is -0.307 e. The number of rotatable bonds is 2. The molecule has 0 aliphatic carbocycles. The van der Waals surface area contributed by atoms with Crippen molar-refractivity contribution in [2.45, 2.75) is 25.5 Å². The molecule has 1 saturated heterocycles. The molecule has 1 heterocycles. The van der Waals surface area contributed by atoms with Gasteiger partial charge in [-0.1, -0.05) is 0 Å². The van der Waals surface area contributed by atoms with Crippen molar-refractivity contribution in [3.05, 3.63) is 0 Å². The van der Waals surface area contributed by atoms with Crippen molar-refractivity contribution in [3.63, 3.8) is 0 Å². The molecule has 0 bridgehead atoms. The molecule has 0 spiro atoms. The van der Waals surface area contributed by atoms with E-state index in [1.807, 2.05) is 12.1 Å². The monoisotopic (exact) mass is 158 g/mol. The van der Waals surface area contributed by atoms with Crippen LogP contribution in [0.2, 0.25) is 0 Å². The Morgan fingerprint density at radius 2 is 2.18 bits per heavy atom. The predicted molar refractivity (Wildman–Crippen MR) is 45.3 cm³/mol. The van der Waals surface area contributed by atoms with E-state index in [0.717, 1.165) is 13.0 Å². The van der Waals surface area contributed by atoms with Gasteiger partial charge in [0.05, 0.1) is 6.10 Å². The average Bonchev–Trinajstić information content (AvgIpc) is 2.10. The molecule has 2 atom stereocenters. The van der Waals surface area contributed by atoms with E-state index < -0.39 is 0 Å². The SMILES string of the molecule is CC1CC(CN(C)C)ON1C. The molecule has 1 aliphatic heterocycles. The van der Waals surface area contributed by atoms with Gasteiger partial charge in [0, 0.05) is 19.6 Å². The van der Waals surface area contributed by atoms with Crippen LogP contribution in [-0.4, -0.2) is 49.8 Å². The summed E-state index contributed by atoms with van der Waals surface area (Å²) in [5.41, 5.74) is 0. The van der Waals surface area contributed by atoms with Crippen molar-refractivity contribution in [3.8, 4) is 0 Å². The molecular formula is C8H18N2O. The lowest BCUT2D eigenvalue weighted by Crippen LogP contribution is -2.26. The van der Waals surface area contributed by atoms with E-state index in [4.69, 9.17) is 4.84 Å². The smallest absolute Gasteiger partial charge is 0.0935 e. The Morgan fingerprint density at radius 3 is 2.55 bits per heavy atom. The molecule has 1 fully saturated rings. The summed E-state index contributed by atoms with van der Waals surface area (Å²) in [5, 5.41) is 1.95. The summed E-state index contributed by atoms with van der Waals surface area (Å²) >= 11 is 0. The highest BCUT2D eigenvalue weighted by atomic mass is 16.7. The lowest BCUT2D eigenvalue weighted by Gasteiger charge is -2.16. The van der Waals surface area contributed by atoms with Crippen LogP contribution in [-0.2, 0) is 4.84 Å². The van der Waals surface area contributed by atoms with E-state index in [0.29, 0.717) is 12.1 Å². The van der Waals surface area contributed by atoms with Gasteiger partial charge >= 0.3 is 0 Å². The predicted octanol–water partition coefficient (Wildman–Crippen LogP) is 0.572. The highest BCUT2D eigenvalue weighted by molar-refractivity contribution is 4.73. The maximum absolute atomic E-state index is 5.58. The van der Waals surface area contributed by atoms with E-state index in [1.165, 1.54) is 0 Å². The minimum absolute atomic E-state index is 0.394. The van der Waals surface area contributed by atoms with E-state index >= 15 is 0 Å². The molecule has 0 N–H and O–H groups in total. The lowest BCUT2D eigenvalue weighted by atomic mass is 10.1. The number of hydroxylamine groups is 2. The van der Waals surface area contributed by atoms with E-state index in [2.05, 4.69) is 25.9 Å². The molecule has 0 saturated carbocycles. The molecule has 2 unspecified atom stereocenters. The molecular weight excluding hydrogens is 140 g/mol. The Bertz CT molecular complexity index is 115. The van der Waals surface area contributed by atoms with Crippen molar-refractivity contribution in [2.75, 3.05) is 27.7 Å². The van der Waals surface area contributed by atoms with Crippen molar-refractivity contribution in [1.82, 2.24) is 9.96 Å². The Morgan fingerprint density at radius 1 is 1.55 bits per heavy atom. The van der Waals surface area contributed by atoms with Gasteiger partial charge in [-0.15, -0.1) is 0 Å². The zero-order chi connectivity index (χ0) is 8.43. The molecule has 0 aromatic heterocycles. The van der Waals surface area contributed by atoms with Gasteiger partial charge in [0.25, 0.3) is 0 Å². The fraction of sp³-hybridized carbons (Fsp3) is 1.00. The molecule has 3 heteroatoms. The van der Waals surface area contributed by atoms with Crippen molar-refractivity contribution in [1.29, 1.82) is 0 Å². The molecule has 0 amide bonds. The third-order valence-corrected chi connectivity index (χ3v) is 2.11. The quantitative estimate of drug-likeness (QED) is 0.584. The summed E-state index contributed by atoms with van der Waals surface area (Å²) in [4.78, 5) is 7.74. The van der Waals surface area contributed by atoms with Crippen LogP contribution in [0.4, 0.5) is 0 Å². The summed E-state index contributed by atoms with van der Waals surface area (Å²) in [6, 6.07) is 0.569. The number of hydrogen-bond acceptors (Lipinski definition) is 3. The van der Waals surface area contributed by atoms with Crippen LogP contribution in [0.3, 0.4) is 0 Å². The van der Waals surface area contributed by atoms with Crippen LogP contribution in [0.15, 0.2) is 0 Å². The van der Waals surface area contributed by atoms with Gasteiger partial charge in [-0.05, 0) is 27.4 Å². The van der Waals surface area contributed by atoms with Crippen molar-refractivity contribution < 1.29 is 4.84 Å². The second kappa shape index (κ2) is 3.52. The van der Waals surface area contributed by atoms with E-state index in [-0.39, 0.29) is 0 Å². The van der Waals surface area contributed by atoms with Crippen LogP contribution >= 0.6 is 0 Å². The van der Waals surface area contributed by atoms with Crippen LogP contribution in [0.25, 0.3) is 0 Å². The van der Waals surface area contributed by atoms with Gasteiger partial charge < -0.3 is 4.90 Å². The summed E-state index contributed by atoms with van der Waals surface area (Å²) in [5.74, 6) is 0. The molecule has 66 valence electrons. The van der Waals surface area contributed by atoms with Crippen molar-refractivity contribution >= 4 is 0 Å². The first-order valence-corrected chi connectivity index (χ1v) is 4.14. The highest BCUT2D eigenvalue weighted by Gasteiger charge is 2.27. The van der Waals surface area contributed by atoms with E-state index in [1.54, 1.807) is 0 Å². The fourth-order valence-electron chi connectivity index (χ4n) is 1.43. The van der Waals surface area contributed by atoms with Gasteiger partial charge in [0.1, 0.15) is 0 Å². The number of likely N-dealkylation sites (N-methyl/N-ethyl adjacent to an activating group) is 1. The maximum atomic E-state index is 5.58. The largest absolute Gasteiger partial charge is 0.307 e. The van der Waals surface area contributed by atoms with Gasteiger partial charge in [-0.2, -0.15) is 5.06 Å². The first kappa shape index (κ1) is 8.97. The van der Waals surface area contributed by atoms with Crippen LogP contribution in [0.5, 0.6) is 0 Å². The molecule has 3 nitrogen and oxygen atoms in total. The van der Waals surface area contributed by atoms with Crippen LogP contribution in [0, 0.1) is 0 Å². The van der Waals surface area contributed by atoms with E-state index in [9.17, 15) is 0 Å². The first-order chi connectivity index (χ1) is 5.09. The number of hydrogen-bond donors (Lipinski definition) is 0. The maximum Gasteiger partial charge on any atom is 0.0935 e. The number of nitrogens with zero attached hydrogens (tertiary/aromatic N) is 2. The Hall–Kier alpha value is -0.120. The lowest BCUT2D eigenvalue weighted by molar-refractivity contribution is -0.143. The highest BCUT2D eigenvalue weighted by Crippen LogP contribution is 2.18. The standard InChI is InChI=1S/C8H18N2O/c1-7-5-8(6-9(2)3)11-10(7)4/h7-8H,5-6H2,1-4H3. The zero-order valence-electron chi connectivity index (χ0n) is 7.87. The zero-order valence-corrected chi connectivity index (χ0v) is 7.87. The summed E-state index contributed by atoms with van der Waals surface area (Å²) in [6.45, 7) is 3.21. The van der Waals surface area contributed by atoms with Gasteiger partial charge in [-0.3, -0.25) is 4.84 Å². The Kier molecular flexibility index (Phi) is 2.87. The fourth-order valence-corrected chi connectivity index (χ4v) is 1.43. The van der Waals surface area contributed by atoms with Crippen LogP contribution in [0.1, 0.15) is 13.3 Å². The normalized spacial score (nSPS) is 33.5. The second-order valence-corrected chi connectivity index (χ2v) is 3.62. The van der Waals surface area contributed by atoms with Crippen LogP contribution < -0.4 is 0 Å². The summed E-state index contributed by atoms with van der Waals surface area (Å²) < 4.78 is 0.